The Balaban J connectivity index is 1.99. The number of carbonyl (C=O) groups is 1. The first kappa shape index (κ1) is 13.7. The van der Waals surface area contributed by atoms with Crippen LogP contribution in [-0.4, -0.2) is 31.2 Å². The normalized spacial score (nSPS) is 29.3. The number of halogens is 1. The van der Waals surface area contributed by atoms with Gasteiger partial charge in [0.05, 0.1) is 23.4 Å². The van der Waals surface area contributed by atoms with E-state index >= 15 is 0 Å². The van der Waals surface area contributed by atoms with Gasteiger partial charge in [-0.1, -0.05) is 11.6 Å². The van der Waals surface area contributed by atoms with Gasteiger partial charge in [-0.15, -0.1) is 0 Å². The molecule has 2 heterocycles. The van der Waals surface area contributed by atoms with Crippen LogP contribution < -0.4 is 16.0 Å². The molecule has 3 unspecified atom stereocenters. The standard InChI is InChI=1S/C14H18ClN3O2/c1-7-6-20-8(2)5-18(7)12-4-11-9(3-10(12)15)13(16)14(19)17-11/h3-4,7-8,13H,5-6,16H2,1-2H3,(H,17,19). The van der Waals surface area contributed by atoms with Crippen molar-refractivity contribution in [2.75, 3.05) is 23.4 Å². The number of benzene rings is 1. The lowest BCUT2D eigenvalue weighted by atomic mass is 10.1. The van der Waals surface area contributed by atoms with E-state index in [4.69, 9.17) is 22.1 Å². The number of amides is 1. The molecule has 0 radical (unpaired) electrons. The molecule has 0 bridgehead atoms. The van der Waals surface area contributed by atoms with Crippen LogP contribution in [-0.2, 0) is 9.53 Å². The molecule has 1 aromatic rings. The highest BCUT2D eigenvalue weighted by atomic mass is 35.5. The summed E-state index contributed by atoms with van der Waals surface area (Å²) in [7, 11) is 0. The Bertz CT molecular complexity index is 564. The van der Waals surface area contributed by atoms with Crippen molar-refractivity contribution < 1.29 is 9.53 Å². The van der Waals surface area contributed by atoms with Crippen molar-refractivity contribution in [1.29, 1.82) is 0 Å². The highest BCUT2D eigenvalue weighted by molar-refractivity contribution is 6.33. The number of nitrogens with one attached hydrogen (secondary N) is 1. The third-order valence-corrected chi connectivity index (χ3v) is 4.21. The van der Waals surface area contributed by atoms with Gasteiger partial charge in [-0.3, -0.25) is 4.79 Å². The van der Waals surface area contributed by atoms with Crippen LogP contribution in [0.3, 0.4) is 0 Å². The highest BCUT2D eigenvalue weighted by Gasteiger charge is 2.31. The van der Waals surface area contributed by atoms with Gasteiger partial charge in [-0.05, 0) is 26.0 Å². The average molecular weight is 296 g/mol. The van der Waals surface area contributed by atoms with E-state index in [9.17, 15) is 4.79 Å². The molecule has 0 saturated carbocycles. The Hall–Kier alpha value is -1.30. The van der Waals surface area contributed by atoms with Crippen molar-refractivity contribution in [1.82, 2.24) is 0 Å². The van der Waals surface area contributed by atoms with Crippen molar-refractivity contribution in [2.45, 2.75) is 32.0 Å². The maximum Gasteiger partial charge on any atom is 0.245 e. The van der Waals surface area contributed by atoms with Gasteiger partial charge < -0.3 is 20.7 Å². The number of hydrogen-bond acceptors (Lipinski definition) is 4. The minimum Gasteiger partial charge on any atom is -0.375 e. The highest BCUT2D eigenvalue weighted by Crippen LogP contribution is 2.39. The van der Waals surface area contributed by atoms with E-state index in [1.54, 1.807) is 6.07 Å². The monoisotopic (exact) mass is 295 g/mol. The Kier molecular flexibility index (Phi) is 3.36. The Morgan fingerprint density at radius 2 is 2.20 bits per heavy atom. The molecule has 3 rings (SSSR count). The summed E-state index contributed by atoms with van der Waals surface area (Å²) in [6.45, 7) is 5.58. The lowest BCUT2D eigenvalue weighted by molar-refractivity contribution is -0.116. The fourth-order valence-electron chi connectivity index (χ4n) is 2.75. The molecule has 6 heteroatoms. The molecule has 0 spiro atoms. The predicted molar refractivity (Wildman–Crippen MR) is 79.2 cm³/mol. The number of fused-ring (bicyclic) bond motifs is 1. The zero-order valence-corrected chi connectivity index (χ0v) is 12.3. The number of carbonyl (C=O) groups excluding carboxylic acids is 1. The summed E-state index contributed by atoms with van der Waals surface area (Å²) in [6, 6.07) is 3.32. The molecule has 0 aromatic heterocycles. The van der Waals surface area contributed by atoms with Gasteiger partial charge >= 0.3 is 0 Å². The molecule has 0 aliphatic carbocycles. The third kappa shape index (κ3) is 2.16. The molecule has 1 fully saturated rings. The number of nitrogens with zero attached hydrogens (tertiary/aromatic N) is 1. The molecular weight excluding hydrogens is 278 g/mol. The first-order valence-corrected chi connectivity index (χ1v) is 7.13. The molecule has 2 aliphatic rings. The van der Waals surface area contributed by atoms with E-state index < -0.39 is 6.04 Å². The van der Waals surface area contributed by atoms with Crippen molar-refractivity contribution in [2.24, 2.45) is 5.73 Å². The zero-order valence-electron chi connectivity index (χ0n) is 11.5. The Morgan fingerprint density at radius 3 is 2.95 bits per heavy atom. The van der Waals surface area contributed by atoms with E-state index in [2.05, 4.69) is 17.1 Å². The molecule has 3 N–H and O–H groups in total. The van der Waals surface area contributed by atoms with Crippen molar-refractivity contribution in [3.05, 3.63) is 22.7 Å². The second-order valence-electron chi connectivity index (χ2n) is 5.50. The molecule has 1 aromatic carbocycles. The van der Waals surface area contributed by atoms with E-state index in [0.717, 1.165) is 23.5 Å². The average Bonchev–Trinajstić information content (AvgIpc) is 2.68. The molecule has 20 heavy (non-hydrogen) atoms. The summed E-state index contributed by atoms with van der Waals surface area (Å²) in [5.41, 5.74) is 8.27. The molecule has 3 atom stereocenters. The maximum atomic E-state index is 11.6. The van der Waals surface area contributed by atoms with E-state index in [1.165, 1.54) is 0 Å². The number of morpholine rings is 1. The quantitative estimate of drug-likeness (QED) is 0.830. The van der Waals surface area contributed by atoms with Crippen molar-refractivity contribution in [3.63, 3.8) is 0 Å². The number of hydrogen-bond donors (Lipinski definition) is 2. The summed E-state index contributed by atoms with van der Waals surface area (Å²) in [4.78, 5) is 13.8. The van der Waals surface area contributed by atoms with Gasteiger partial charge in [0.1, 0.15) is 6.04 Å². The van der Waals surface area contributed by atoms with Crippen LogP contribution in [0, 0.1) is 0 Å². The van der Waals surface area contributed by atoms with Gasteiger partial charge in [-0.2, -0.15) is 0 Å². The summed E-state index contributed by atoms with van der Waals surface area (Å²) in [6.07, 6.45) is 0.160. The van der Waals surface area contributed by atoms with Crippen LogP contribution in [0.25, 0.3) is 0 Å². The van der Waals surface area contributed by atoms with Crippen LogP contribution in [0.1, 0.15) is 25.5 Å². The molecular formula is C14H18ClN3O2. The maximum absolute atomic E-state index is 11.6. The van der Waals surface area contributed by atoms with Crippen LogP contribution in [0.4, 0.5) is 11.4 Å². The van der Waals surface area contributed by atoms with Crippen LogP contribution in [0.15, 0.2) is 12.1 Å². The molecule has 108 valence electrons. The minimum atomic E-state index is -0.627. The van der Waals surface area contributed by atoms with E-state index in [1.807, 2.05) is 13.0 Å². The fraction of sp³-hybridized carbons (Fsp3) is 0.500. The molecule has 2 aliphatic heterocycles. The number of nitrogens with two attached hydrogens (primary N) is 1. The van der Waals surface area contributed by atoms with Gasteiger partial charge in [0.15, 0.2) is 0 Å². The van der Waals surface area contributed by atoms with Gasteiger partial charge in [-0.25, -0.2) is 0 Å². The summed E-state index contributed by atoms with van der Waals surface area (Å²) >= 11 is 6.39. The molecule has 1 amide bonds. The van der Waals surface area contributed by atoms with Gasteiger partial charge in [0, 0.05) is 23.8 Å². The first-order chi connectivity index (χ1) is 9.47. The summed E-state index contributed by atoms with van der Waals surface area (Å²) in [5.74, 6) is -0.184. The second-order valence-corrected chi connectivity index (χ2v) is 5.91. The third-order valence-electron chi connectivity index (χ3n) is 3.91. The SMILES string of the molecule is CC1CN(c2cc3c(cc2Cl)C(N)C(=O)N3)C(C)CO1. The summed E-state index contributed by atoms with van der Waals surface area (Å²) < 4.78 is 5.63. The lowest BCUT2D eigenvalue weighted by Gasteiger charge is -2.39. The Labute approximate surface area is 123 Å². The predicted octanol–water partition coefficient (Wildman–Crippen LogP) is 1.91. The molecule has 5 nitrogen and oxygen atoms in total. The van der Waals surface area contributed by atoms with Crippen LogP contribution >= 0.6 is 11.6 Å². The van der Waals surface area contributed by atoms with Crippen LogP contribution in [0.5, 0.6) is 0 Å². The van der Waals surface area contributed by atoms with E-state index in [-0.39, 0.29) is 18.1 Å². The van der Waals surface area contributed by atoms with Crippen LogP contribution in [0.2, 0.25) is 5.02 Å². The lowest BCUT2D eigenvalue weighted by Crippen LogP contribution is -2.47. The first-order valence-electron chi connectivity index (χ1n) is 6.75. The summed E-state index contributed by atoms with van der Waals surface area (Å²) in [5, 5.41) is 3.42. The molecule has 1 saturated heterocycles. The van der Waals surface area contributed by atoms with Crippen molar-refractivity contribution in [3.8, 4) is 0 Å². The minimum absolute atomic E-state index is 0.160. The fourth-order valence-corrected chi connectivity index (χ4v) is 3.03. The smallest absolute Gasteiger partial charge is 0.245 e. The second kappa shape index (κ2) is 4.91. The van der Waals surface area contributed by atoms with E-state index in [0.29, 0.717) is 11.6 Å². The Morgan fingerprint density at radius 1 is 1.45 bits per heavy atom. The topological polar surface area (TPSA) is 67.6 Å². The largest absolute Gasteiger partial charge is 0.375 e. The number of ether oxygens (including phenoxy) is 1. The van der Waals surface area contributed by atoms with Crippen molar-refractivity contribution >= 4 is 28.9 Å². The zero-order chi connectivity index (χ0) is 14.4. The number of anilines is 2. The van der Waals surface area contributed by atoms with Gasteiger partial charge in [0.25, 0.3) is 0 Å². The van der Waals surface area contributed by atoms with Gasteiger partial charge in [0.2, 0.25) is 5.91 Å². The number of rotatable bonds is 1.